The van der Waals surface area contributed by atoms with E-state index in [-0.39, 0.29) is 56.1 Å². The van der Waals surface area contributed by atoms with E-state index in [0.29, 0.717) is 22.1 Å². The highest BCUT2D eigenvalue weighted by Gasteiger charge is 2.48. The first-order chi connectivity index (χ1) is 22.8. The average molecular weight is 729 g/mol. The Labute approximate surface area is 297 Å². The van der Waals surface area contributed by atoms with Gasteiger partial charge in [-0.1, -0.05) is 102 Å². The molecule has 0 aliphatic heterocycles. The van der Waals surface area contributed by atoms with Crippen molar-refractivity contribution in [3.05, 3.63) is 82.1 Å². The largest absolute Gasteiger partial charge is 0.458 e. The molecule has 2 heterocycles. The number of carbonyl (C=O) groups is 2. The number of benzene rings is 2. The van der Waals surface area contributed by atoms with Crippen molar-refractivity contribution in [2.24, 2.45) is 28.6 Å². The molecule has 1 fully saturated rings. The normalized spacial score (nSPS) is 20.2. The van der Waals surface area contributed by atoms with Crippen molar-refractivity contribution in [3.63, 3.8) is 0 Å². The fourth-order valence-electron chi connectivity index (χ4n) is 6.81. The zero-order valence-electron chi connectivity index (χ0n) is 28.7. The van der Waals surface area contributed by atoms with Gasteiger partial charge in [0.05, 0.1) is 11.3 Å². The molecule has 49 heavy (non-hydrogen) atoms. The van der Waals surface area contributed by atoms with Gasteiger partial charge in [-0.25, -0.2) is 14.5 Å². The first-order valence-electron chi connectivity index (χ1n) is 16.1. The van der Waals surface area contributed by atoms with Crippen LogP contribution < -0.4 is 15.2 Å². The molecule has 4 N–H and O–H groups in total. The summed E-state index contributed by atoms with van der Waals surface area (Å²) in [6.45, 7) is 15.3. The zero-order valence-corrected chi connectivity index (χ0v) is 31.0. The maximum Gasteiger partial charge on any atom is 0.342 e. The number of fused-ring (bicyclic) bond motifs is 1. The number of para-hydroxylation sites is 1. The Kier molecular flexibility index (Phi) is 10.0. The zero-order chi connectivity index (χ0) is 36.1. The standard InChI is InChI=1S/C36H43Cl2N5O5S/c1-20-17-25(35(2,3)4)29(26(18-20)36(5,6)7)48-34(45)28-27(21-13-15-22(37)16-14-21)30(38)43-19-24(31(39)40-32(28)43)33(44)42-49(46,47)41-23-11-9-8-10-12-23/h8-16,19-20,25-26,29,41H,17-18H2,1-7H3,(H2,39,40)(H,42,44). The van der Waals surface area contributed by atoms with E-state index in [0.717, 1.165) is 12.8 Å². The Morgan fingerprint density at radius 3 is 2.06 bits per heavy atom. The number of carbonyl (C=O) groups excluding carboxylic acids is 2. The summed E-state index contributed by atoms with van der Waals surface area (Å²) < 4.78 is 37.7. The van der Waals surface area contributed by atoms with E-state index in [1.807, 2.05) is 4.72 Å². The molecule has 0 bridgehead atoms. The third-order valence-electron chi connectivity index (χ3n) is 9.29. The van der Waals surface area contributed by atoms with Crippen LogP contribution in [-0.2, 0) is 14.9 Å². The Morgan fingerprint density at radius 1 is 0.939 bits per heavy atom. The van der Waals surface area contributed by atoms with Crippen LogP contribution in [0.25, 0.3) is 16.8 Å². The van der Waals surface area contributed by atoms with Gasteiger partial charge >= 0.3 is 16.2 Å². The summed E-state index contributed by atoms with van der Waals surface area (Å²) in [4.78, 5) is 32.3. The van der Waals surface area contributed by atoms with Crippen molar-refractivity contribution in [1.82, 2.24) is 14.1 Å². The molecule has 0 radical (unpaired) electrons. The molecule has 2 aromatic heterocycles. The molecule has 2 unspecified atom stereocenters. The minimum Gasteiger partial charge on any atom is -0.458 e. The molecule has 0 spiro atoms. The van der Waals surface area contributed by atoms with Crippen molar-refractivity contribution in [1.29, 1.82) is 0 Å². The molecule has 13 heteroatoms. The number of hydrogen-bond acceptors (Lipinski definition) is 7. The quantitative estimate of drug-likeness (QED) is 0.163. The van der Waals surface area contributed by atoms with Crippen LogP contribution in [0.2, 0.25) is 10.2 Å². The van der Waals surface area contributed by atoms with E-state index in [9.17, 15) is 18.0 Å². The fourth-order valence-corrected chi connectivity index (χ4v) is 8.12. The molecule has 10 nitrogen and oxygen atoms in total. The third-order valence-corrected chi connectivity index (χ3v) is 10.9. The SMILES string of the molecule is CC1CC(C(C)(C)C)C(OC(=O)c2c(-c3ccc(Cl)cc3)c(Cl)n3cc(C(=O)NS(=O)(=O)Nc4ccccc4)c(N)nc23)C(C(C)(C)C)C1. The van der Waals surface area contributed by atoms with Crippen molar-refractivity contribution in [2.45, 2.75) is 67.4 Å². The van der Waals surface area contributed by atoms with E-state index >= 15 is 0 Å². The lowest BCUT2D eigenvalue weighted by molar-refractivity contribution is -0.0922. The molecule has 5 rings (SSSR count). The van der Waals surface area contributed by atoms with E-state index in [1.54, 1.807) is 42.5 Å². The topological polar surface area (TPSA) is 145 Å². The van der Waals surface area contributed by atoms with E-state index in [1.165, 1.54) is 22.7 Å². The van der Waals surface area contributed by atoms with Crippen LogP contribution >= 0.6 is 23.2 Å². The van der Waals surface area contributed by atoms with Gasteiger partial charge < -0.3 is 10.5 Å². The molecule has 262 valence electrons. The molecule has 1 amide bonds. The number of amides is 1. The van der Waals surface area contributed by atoms with Gasteiger partial charge in [0, 0.05) is 28.6 Å². The molecule has 2 aromatic carbocycles. The number of aromatic nitrogens is 2. The summed E-state index contributed by atoms with van der Waals surface area (Å²) >= 11 is 13.2. The summed E-state index contributed by atoms with van der Waals surface area (Å²) in [6, 6.07) is 14.9. The Bertz CT molecular complexity index is 1960. The first-order valence-corrected chi connectivity index (χ1v) is 18.4. The number of ether oxygens (including phenoxy) is 1. The highest BCUT2D eigenvalue weighted by molar-refractivity contribution is 7.91. The van der Waals surface area contributed by atoms with Gasteiger partial charge in [-0.3, -0.25) is 13.9 Å². The van der Waals surface area contributed by atoms with Gasteiger partial charge in [0.25, 0.3) is 5.91 Å². The van der Waals surface area contributed by atoms with E-state index in [4.69, 9.17) is 33.7 Å². The number of nitrogens with one attached hydrogen (secondary N) is 2. The van der Waals surface area contributed by atoms with Crippen LogP contribution in [0.5, 0.6) is 0 Å². The Balaban J connectivity index is 1.61. The van der Waals surface area contributed by atoms with Gasteiger partial charge in [-0.2, -0.15) is 8.42 Å². The van der Waals surface area contributed by atoms with Crippen molar-refractivity contribution in [3.8, 4) is 11.1 Å². The second kappa shape index (κ2) is 13.5. The molecular weight excluding hydrogens is 685 g/mol. The molecule has 0 saturated heterocycles. The number of esters is 1. The maximum atomic E-state index is 14.6. The summed E-state index contributed by atoms with van der Waals surface area (Å²) in [5.74, 6) is -1.38. The number of nitrogen functional groups attached to an aromatic ring is 1. The number of anilines is 2. The predicted octanol–water partition coefficient (Wildman–Crippen LogP) is 8.26. The highest BCUT2D eigenvalue weighted by Crippen LogP contribution is 2.50. The molecule has 1 saturated carbocycles. The van der Waals surface area contributed by atoms with E-state index < -0.39 is 28.2 Å². The molecule has 1 aliphatic rings. The van der Waals surface area contributed by atoms with Crippen LogP contribution in [-0.4, -0.2) is 35.8 Å². The average Bonchev–Trinajstić information content (AvgIpc) is 3.27. The Morgan fingerprint density at radius 2 is 1.51 bits per heavy atom. The van der Waals surface area contributed by atoms with Crippen molar-refractivity contribution < 1.29 is 22.7 Å². The lowest BCUT2D eigenvalue weighted by atomic mass is 9.59. The predicted molar refractivity (Wildman–Crippen MR) is 195 cm³/mol. The van der Waals surface area contributed by atoms with Crippen molar-refractivity contribution >= 4 is 62.4 Å². The maximum absolute atomic E-state index is 14.6. The van der Waals surface area contributed by atoms with Crippen LogP contribution in [0.3, 0.4) is 0 Å². The van der Waals surface area contributed by atoms with Crippen LogP contribution in [0.4, 0.5) is 11.5 Å². The monoisotopic (exact) mass is 727 g/mol. The number of hydrogen-bond donors (Lipinski definition) is 3. The Hall–Kier alpha value is -3.80. The molecular formula is C36H43Cl2N5O5S. The second-order valence-corrected chi connectivity index (χ2v) is 17.3. The smallest absolute Gasteiger partial charge is 0.342 e. The van der Waals surface area contributed by atoms with Gasteiger partial charge in [0.15, 0.2) is 5.65 Å². The molecule has 2 atom stereocenters. The lowest BCUT2D eigenvalue weighted by Crippen LogP contribution is -2.49. The summed E-state index contributed by atoms with van der Waals surface area (Å²) in [5, 5.41) is 0.532. The molecule has 4 aromatic rings. The number of halogens is 2. The number of rotatable bonds is 7. The van der Waals surface area contributed by atoms with E-state index in [2.05, 4.69) is 58.2 Å². The van der Waals surface area contributed by atoms with Crippen LogP contribution in [0, 0.1) is 28.6 Å². The van der Waals surface area contributed by atoms with Crippen LogP contribution in [0.1, 0.15) is 82.0 Å². The van der Waals surface area contributed by atoms with Crippen molar-refractivity contribution in [2.75, 3.05) is 10.5 Å². The minimum atomic E-state index is -4.34. The van der Waals surface area contributed by atoms with Gasteiger partial charge in [-0.05, 0) is 59.4 Å². The lowest BCUT2D eigenvalue weighted by Gasteiger charge is -2.50. The minimum absolute atomic E-state index is 0.0492. The summed E-state index contributed by atoms with van der Waals surface area (Å²) in [6.07, 6.45) is 2.67. The van der Waals surface area contributed by atoms with Crippen LogP contribution in [0.15, 0.2) is 60.8 Å². The molecule has 1 aliphatic carbocycles. The summed E-state index contributed by atoms with van der Waals surface area (Å²) in [5.41, 5.74) is 6.98. The number of nitrogens with zero attached hydrogens (tertiary/aromatic N) is 2. The van der Waals surface area contributed by atoms with Gasteiger partial charge in [0.1, 0.15) is 22.6 Å². The fraction of sp³-hybridized carbons (Fsp3) is 0.417. The van der Waals surface area contributed by atoms with Gasteiger partial charge in [-0.15, -0.1) is 0 Å². The highest BCUT2D eigenvalue weighted by atomic mass is 35.5. The number of nitrogens with two attached hydrogens (primary N) is 1. The third kappa shape index (κ3) is 7.84. The van der Waals surface area contributed by atoms with Gasteiger partial charge in [0.2, 0.25) is 0 Å². The first kappa shape index (κ1) is 36.5. The summed E-state index contributed by atoms with van der Waals surface area (Å²) in [7, 11) is -4.34. The second-order valence-electron chi connectivity index (χ2n) is 15.1.